The number of hydrogen-bond acceptors (Lipinski definition) is 4. The first-order valence-corrected chi connectivity index (χ1v) is 7.95. The van der Waals surface area contributed by atoms with Gasteiger partial charge in [0.2, 0.25) is 0 Å². The van der Waals surface area contributed by atoms with Crippen LogP contribution in [0.2, 0.25) is 0 Å². The molecule has 0 fully saturated rings. The summed E-state index contributed by atoms with van der Waals surface area (Å²) >= 11 is 0. The van der Waals surface area contributed by atoms with Crippen molar-refractivity contribution in [3.05, 3.63) is 65.7 Å². The molecule has 4 nitrogen and oxygen atoms in total. The number of nitrogens with two attached hydrogens (primary N) is 1. The van der Waals surface area contributed by atoms with Gasteiger partial charge in [-0.2, -0.15) is 0 Å². The number of anilines is 1. The van der Waals surface area contributed by atoms with E-state index >= 15 is 0 Å². The Balaban J connectivity index is 1.93. The zero-order chi connectivity index (χ0) is 16.3. The number of nitrogens with zero attached hydrogens (tertiary/aromatic N) is 1. The molecule has 0 spiro atoms. The second-order valence-electron chi connectivity index (χ2n) is 5.55. The van der Waals surface area contributed by atoms with Crippen molar-refractivity contribution in [3.63, 3.8) is 0 Å². The van der Waals surface area contributed by atoms with Crippen molar-refractivity contribution < 1.29 is 9.47 Å². The number of hydrogen-bond donors (Lipinski definition) is 1. The lowest BCUT2D eigenvalue weighted by Crippen LogP contribution is -2.27. The van der Waals surface area contributed by atoms with Gasteiger partial charge in [0, 0.05) is 32.4 Å². The van der Waals surface area contributed by atoms with E-state index in [0.29, 0.717) is 19.8 Å². The van der Waals surface area contributed by atoms with Crippen LogP contribution >= 0.6 is 0 Å². The van der Waals surface area contributed by atoms with Crippen LogP contribution in [0, 0.1) is 0 Å². The minimum Gasteiger partial charge on any atom is -0.399 e. The van der Waals surface area contributed by atoms with Gasteiger partial charge in [0.15, 0.2) is 0 Å². The molecule has 2 aromatic carbocycles. The Morgan fingerprint density at radius 1 is 0.870 bits per heavy atom. The third kappa shape index (κ3) is 6.82. The summed E-state index contributed by atoms with van der Waals surface area (Å²) in [5.41, 5.74) is 9.21. The molecule has 0 amide bonds. The van der Waals surface area contributed by atoms with Crippen LogP contribution in [0.1, 0.15) is 11.1 Å². The van der Waals surface area contributed by atoms with Gasteiger partial charge < -0.3 is 15.2 Å². The molecule has 2 aromatic rings. The highest BCUT2D eigenvalue weighted by molar-refractivity contribution is 5.40. The molecule has 0 bridgehead atoms. The fourth-order valence-electron chi connectivity index (χ4n) is 2.44. The molecule has 124 valence electrons. The summed E-state index contributed by atoms with van der Waals surface area (Å²) in [5, 5.41) is 0. The molecule has 0 aromatic heterocycles. The van der Waals surface area contributed by atoms with E-state index in [2.05, 4.69) is 35.2 Å². The zero-order valence-corrected chi connectivity index (χ0v) is 13.8. The van der Waals surface area contributed by atoms with Crippen LogP contribution < -0.4 is 5.73 Å². The molecule has 0 aliphatic heterocycles. The average Bonchev–Trinajstić information content (AvgIpc) is 2.55. The smallest absolute Gasteiger partial charge is 0.0700 e. The monoisotopic (exact) mass is 314 g/mol. The van der Waals surface area contributed by atoms with E-state index in [-0.39, 0.29) is 0 Å². The van der Waals surface area contributed by atoms with Crippen molar-refractivity contribution in [1.82, 2.24) is 4.90 Å². The molecule has 0 unspecified atom stereocenters. The first-order valence-electron chi connectivity index (χ1n) is 7.95. The highest BCUT2D eigenvalue weighted by Gasteiger charge is 2.07. The molecule has 4 heteroatoms. The number of benzene rings is 2. The number of nitrogen functional groups attached to an aromatic ring is 1. The van der Waals surface area contributed by atoms with E-state index in [9.17, 15) is 0 Å². The topological polar surface area (TPSA) is 47.7 Å². The normalized spacial score (nSPS) is 11.0. The van der Waals surface area contributed by atoms with E-state index in [1.807, 2.05) is 24.3 Å². The van der Waals surface area contributed by atoms with Crippen LogP contribution in [-0.2, 0) is 22.6 Å². The molecule has 2 N–H and O–H groups in total. The van der Waals surface area contributed by atoms with Crippen LogP contribution in [0.25, 0.3) is 0 Å². The summed E-state index contributed by atoms with van der Waals surface area (Å²) in [6.45, 7) is 4.57. The van der Waals surface area contributed by atoms with E-state index in [1.54, 1.807) is 7.11 Å². The summed E-state index contributed by atoms with van der Waals surface area (Å²) in [7, 11) is 1.69. The Hall–Kier alpha value is -1.88. The van der Waals surface area contributed by atoms with Crippen molar-refractivity contribution in [2.75, 3.05) is 39.2 Å². The Kier molecular flexibility index (Phi) is 7.60. The fraction of sp³-hybridized carbons (Fsp3) is 0.368. The van der Waals surface area contributed by atoms with Gasteiger partial charge in [-0.25, -0.2) is 0 Å². The van der Waals surface area contributed by atoms with Gasteiger partial charge in [-0.3, -0.25) is 4.90 Å². The molecule has 0 radical (unpaired) electrons. The van der Waals surface area contributed by atoms with Crippen LogP contribution in [0.15, 0.2) is 54.6 Å². The maximum absolute atomic E-state index is 5.88. The lowest BCUT2D eigenvalue weighted by molar-refractivity contribution is 0.0547. The van der Waals surface area contributed by atoms with Crippen LogP contribution in [-0.4, -0.2) is 38.4 Å². The number of ether oxygens (including phenoxy) is 2. The first-order chi connectivity index (χ1) is 11.3. The SMILES string of the molecule is COCCOCCN(Cc1ccccc1)Cc1cccc(N)c1. The molecule has 0 aliphatic rings. The van der Waals surface area contributed by atoms with Crippen LogP contribution in [0.4, 0.5) is 5.69 Å². The number of rotatable bonds is 10. The molecular formula is C19H26N2O2. The van der Waals surface area contributed by atoms with Crippen molar-refractivity contribution in [3.8, 4) is 0 Å². The summed E-state index contributed by atoms with van der Waals surface area (Å²) < 4.78 is 10.6. The summed E-state index contributed by atoms with van der Waals surface area (Å²) in [5.74, 6) is 0. The van der Waals surface area contributed by atoms with Gasteiger partial charge in [-0.05, 0) is 23.3 Å². The van der Waals surface area contributed by atoms with Crippen molar-refractivity contribution in [2.24, 2.45) is 0 Å². The molecule has 23 heavy (non-hydrogen) atoms. The largest absolute Gasteiger partial charge is 0.399 e. The van der Waals surface area contributed by atoms with Gasteiger partial charge in [-0.15, -0.1) is 0 Å². The zero-order valence-electron chi connectivity index (χ0n) is 13.8. The molecule has 0 saturated heterocycles. The summed E-state index contributed by atoms with van der Waals surface area (Å²) in [4.78, 5) is 2.37. The molecule has 2 rings (SSSR count). The highest BCUT2D eigenvalue weighted by Crippen LogP contribution is 2.12. The minimum atomic E-state index is 0.633. The second kappa shape index (κ2) is 10.0. The fourth-order valence-corrected chi connectivity index (χ4v) is 2.44. The van der Waals surface area contributed by atoms with E-state index < -0.39 is 0 Å². The second-order valence-corrected chi connectivity index (χ2v) is 5.55. The van der Waals surface area contributed by atoms with E-state index in [0.717, 1.165) is 25.3 Å². The molecule has 0 atom stereocenters. The molecule has 0 heterocycles. The Labute approximate surface area is 138 Å². The van der Waals surface area contributed by atoms with Gasteiger partial charge in [-0.1, -0.05) is 42.5 Å². The third-order valence-corrected chi connectivity index (χ3v) is 3.59. The van der Waals surface area contributed by atoms with Crippen LogP contribution in [0.3, 0.4) is 0 Å². The Morgan fingerprint density at radius 2 is 1.61 bits per heavy atom. The van der Waals surface area contributed by atoms with E-state index in [4.69, 9.17) is 15.2 Å². The predicted molar refractivity (Wildman–Crippen MR) is 94.1 cm³/mol. The van der Waals surface area contributed by atoms with Crippen molar-refractivity contribution in [2.45, 2.75) is 13.1 Å². The maximum atomic E-state index is 5.88. The number of methoxy groups -OCH3 is 1. The average molecular weight is 314 g/mol. The van der Waals surface area contributed by atoms with Gasteiger partial charge in [0.25, 0.3) is 0 Å². The predicted octanol–water partition coefficient (Wildman–Crippen LogP) is 2.93. The van der Waals surface area contributed by atoms with Gasteiger partial charge >= 0.3 is 0 Å². The maximum Gasteiger partial charge on any atom is 0.0700 e. The van der Waals surface area contributed by atoms with Crippen molar-refractivity contribution in [1.29, 1.82) is 0 Å². The molecule has 0 aliphatic carbocycles. The lowest BCUT2D eigenvalue weighted by Gasteiger charge is -2.22. The third-order valence-electron chi connectivity index (χ3n) is 3.59. The van der Waals surface area contributed by atoms with Crippen molar-refractivity contribution >= 4 is 5.69 Å². The molecular weight excluding hydrogens is 288 g/mol. The van der Waals surface area contributed by atoms with Gasteiger partial charge in [0.1, 0.15) is 0 Å². The van der Waals surface area contributed by atoms with E-state index in [1.165, 1.54) is 11.1 Å². The lowest BCUT2D eigenvalue weighted by atomic mass is 10.1. The summed E-state index contributed by atoms with van der Waals surface area (Å²) in [6.07, 6.45) is 0. The first kappa shape index (κ1) is 17.5. The Morgan fingerprint density at radius 3 is 2.35 bits per heavy atom. The quantitative estimate of drug-likeness (QED) is 0.541. The van der Waals surface area contributed by atoms with Gasteiger partial charge in [0.05, 0.1) is 19.8 Å². The molecule has 0 saturated carbocycles. The van der Waals surface area contributed by atoms with Crippen LogP contribution in [0.5, 0.6) is 0 Å². The Bertz CT molecular complexity index is 560. The standard InChI is InChI=1S/C19H26N2O2/c1-22-12-13-23-11-10-21(15-17-6-3-2-4-7-17)16-18-8-5-9-19(20)14-18/h2-9,14H,10-13,15-16,20H2,1H3. The minimum absolute atomic E-state index is 0.633. The highest BCUT2D eigenvalue weighted by atomic mass is 16.5. The summed E-state index contributed by atoms with van der Waals surface area (Å²) in [6, 6.07) is 18.5.